The van der Waals surface area contributed by atoms with Gasteiger partial charge in [0.1, 0.15) is 6.04 Å². The average Bonchev–Trinajstić information content (AvgIpc) is 3.13. The van der Waals surface area contributed by atoms with Gasteiger partial charge in [0.05, 0.1) is 13.2 Å². The highest BCUT2D eigenvalue weighted by Gasteiger charge is 2.23. The molecule has 0 spiro atoms. The number of esters is 2. The molecule has 1 amide bonds. The van der Waals surface area contributed by atoms with E-state index in [-0.39, 0.29) is 31.3 Å². The van der Waals surface area contributed by atoms with Gasteiger partial charge >= 0.3 is 11.9 Å². The summed E-state index contributed by atoms with van der Waals surface area (Å²) in [5.41, 5.74) is 0. The summed E-state index contributed by atoms with van der Waals surface area (Å²) >= 11 is 0. The third-order valence-corrected chi connectivity index (χ3v) is 10.1. The Balaban J connectivity index is 4.31. The molecule has 0 aliphatic carbocycles. The zero-order valence-electron chi connectivity index (χ0n) is 33.9. The first kappa shape index (κ1) is 49.4. The molecule has 0 aromatic carbocycles. The zero-order valence-corrected chi connectivity index (χ0v) is 33.9. The smallest absolute Gasteiger partial charge is 0.328 e. The molecular formula is C44H85NO6. The average molecular weight is 724 g/mol. The first-order valence-electron chi connectivity index (χ1n) is 22.3. The second kappa shape index (κ2) is 41.1. The summed E-state index contributed by atoms with van der Waals surface area (Å²) in [6.07, 6.45) is 39.0. The van der Waals surface area contributed by atoms with Crippen molar-refractivity contribution in [3.8, 4) is 0 Å². The predicted octanol–water partition coefficient (Wildman–Crippen LogP) is 12.2. The molecule has 0 unspecified atom stereocenters. The van der Waals surface area contributed by atoms with E-state index in [4.69, 9.17) is 14.6 Å². The second-order valence-electron chi connectivity index (χ2n) is 15.1. The molecular weight excluding hydrogens is 638 g/mol. The van der Waals surface area contributed by atoms with E-state index < -0.39 is 12.0 Å². The van der Waals surface area contributed by atoms with Gasteiger partial charge in [0.15, 0.2) is 0 Å². The van der Waals surface area contributed by atoms with Gasteiger partial charge in [-0.3, -0.25) is 9.59 Å². The highest BCUT2D eigenvalue weighted by atomic mass is 16.5. The van der Waals surface area contributed by atoms with E-state index in [1.807, 2.05) is 0 Å². The van der Waals surface area contributed by atoms with Crippen molar-refractivity contribution in [2.75, 3.05) is 19.8 Å². The lowest BCUT2D eigenvalue weighted by atomic mass is 10.1. The molecule has 0 aliphatic rings. The lowest BCUT2D eigenvalue weighted by molar-refractivity contribution is -0.149. The van der Waals surface area contributed by atoms with Crippen LogP contribution >= 0.6 is 0 Å². The molecule has 7 nitrogen and oxygen atoms in total. The van der Waals surface area contributed by atoms with E-state index in [2.05, 4.69) is 19.2 Å². The fourth-order valence-electron chi connectivity index (χ4n) is 6.65. The van der Waals surface area contributed by atoms with Crippen molar-refractivity contribution in [1.29, 1.82) is 0 Å². The maximum absolute atomic E-state index is 13.0. The van der Waals surface area contributed by atoms with Gasteiger partial charge in [-0.05, 0) is 32.1 Å². The number of rotatable bonds is 41. The number of aliphatic hydroxyl groups is 1. The molecule has 0 saturated carbocycles. The Morgan fingerprint density at radius 1 is 0.451 bits per heavy atom. The van der Waals surface area contributed by atoms with Gasteiger partial charge in [0.25, 0.3) is 0 Å². The second-order valence-corrected chi connectivity index (χ2v) is 15.1. The lowest BCUT2D eigenvalue weighted by Gasteiger charge is -2.18. The van der Waals surface area contributed by atoms with Crippen molar-refractivity contribution in [1.82, 2.24) is 5.32 Å². The third kappa shape index (κ3) is 37.9. The van der Waals surface area contributed by atoms with Crippen LogP contribution in [0.4, 0.5) is 0 Å². The summed E-state index contributed by atoms with van der Waals surface area (Å²) in [7, 11) is 0. The highest BCUT2D eigenvalue weighted by molar-refractivity contribution is 5.85. The minimum absolute atomic E-state index is 0.0905. The Kier molecular flexibility index (Phi) is 39.8. The molecule has 0 fully saturated rings. The Labute approximate surface area is 315 Å². The fraction of sp³-hybridized carbons (Fsp3) is 0.932. The topological polar surface area (TPSA) is 102 Å². The van der Waals surface area contributed by atoms with Crippen molar-refractivity contribution < 1.29 is 29.0 Å². The first-order chi connectivity index (χ1) is 25.0. The zero-order chi connectivity index (χ0) is 37.3. The van der Waals surface area contributed by atoms with Crippen LogP contribution in [-0.4, -0.2) is 48.8 Å². The number of aliphatic hydroxyl groups excluding tert-OH is 1. The molecule has 1 atom stereocenters. The van der Waals surface area contributed by atoms with Crippen LogP contribution in [0.25, 0.3) is 0 Å². The molecule has 0 saturated heterocycles. The van der Waals surface area contributed by atoms with Crippen LogP contribution in [0.5, 0.6) is 0 Å². The molecule has 302 valence electrons. The maximum atomic E-state index is 13.0. The molecule has 0 aromatic heterocycles. The van der Waals surface area contributed by atoms with Gasteiger partial charge in [-0.1, -0.05) is 194 Å². The summed E-state index contributed by atoms with van der Waals surface area (Å²) in [4.78, 5) is 38.2. The Bertz CT molecular complexity index is 760. The molecule has 0 heterocycles. The highest BCUT2D eigenvalue weighted by Crippen LogP contribution is 2.15. The number of carbonyl (C=O) groups excluding carboxylic acids is 3. The largest absolute Gasteiger partial charge is 0.466 e. The van der Waals surface area contributed by atoms with E-state index in [0.29, 0.717) is 19.6 Å². The van der Waals surface area contributed by atoms with Gasteiger partial charge in [-0.15, -0.1) is 0 Å². The van der Waals surface area contributed by atoms with E-state index in [0.717, 1.165) is 83.5 Å². The molecule has 2 N–H and O–H groups in total. The number of hydrogen-bond acceptors (Lipinski definition) is 6. The summed E-state index contributed by atoms with van der Waals surface area (Å²) in [6.45, 7) is 5.55. The lowest BCUT2D eigenvalue weighted by Crippen LogP contribution is -2.42. The van der Waals surface area contributed by atoms with Crippen LogP contribution in [0, 0.1) is 0 Å². The maximum Gasteiger partial charge on any atom is 0.328 e. The van der Waals surface area contributed by atoms with Crippen molar-refractivity contribution in [3.63, 3.8) is 0 Å². The number of nitrogens with one attached hydrogen (secondary N) is 1. The third-order valence-electron chi connectivity index (χ3n) is 10.1. The SMILES string of the molecule is CCCCCCCCCCCCCCOC(=O)CC[C@H](NC(=O)CCCCCCCCCCO)C(=O)OCCCCCCCCCCCCCC. The van der Waals surface area contributed by atoms with E-state index in [1.54, 1.807) is 0 Å². The minimum Gasteiger partial charge on any atom is -0.466 e. The summed E-state index contributed by atoms with van der Waals surface area (Å²) < 4.78 is 11.1. The van der Waals surface area contributed by atoms with Gasteiger partial charge in [0, 0.05) is 19.4 Å². The first-order valence-corrected chi connectivity index (χ1v) is 22.3. The van der Waals surface area contributed by atoms with Gasteiger partial charge in [0.2, 0.25) is 5.91 Å². The molecule has 0 bridgehead atoms. The van der Waals surface area contributed by atoms with Gasteiger partial charge in [-0.2, -0.15) is 0 Å². The number of amides is 1. The summed E-state index contributed by atoms with van der Waals surface area (Å²) in [5.74, 6) is -0.914. The van der Waals surface area contributed by atoms with Crippen LogP contribution in [0.2, 0.25) is 0 Å². The minimum atomic E-state index is -0.819. The van der Waals surface area contributed by atoms with E-state index in [1.165, 1.54) is 122 Å². The van der Waals surface area contributed by atoms with Crippen molar-refractivity contribution in [2.24, 2.45) is 0 Å². The van der Waals surface area contributed by atoms with Crippen LogP contribution in [-0.2, 0) is 23.9 Å². The predicted molar refractivity (Wildman–Crippen MR) is 214 cm³/mol. The molecule has 51 heavy (non-hydrogen) atoms. The van der Waals surface area contributed by atoms with Crippen molar-refractivity contribution in [3.05, 3.63) is 0 Å². The van der Waals surface area contributed by atoms with Gasteiger partial charge in [-0.25, -0.2) is 4.79 Å². The Morgan fingerprint density at radius 2 is 0.804 bits per heavy atom. The van der Waals surface area contributed by atoms with Crippen LogP contribution < -0.4 is 5.32 Å². The molecule has 7 heteroatoms. The Hall–Kier alpha value is -1.63. The van der Waals surface area contributed by atoms with Gasteiger partial charge < -0.3 is 19.9 Å². The number of carbonyl (C=O) groups is 3. The normalized spacial score (nSPS) is 11.8. The van der Waals surface area contributed by atoms with Crippen LogP contribution in [0.1, 0.15) is 239 Å². The number of hydrogen-bond donors (Lipinski definition) is 2. The van der Waals surface area contributed by atoms with Crippen molar-refractivity contribution in [2.45, 2.75) is 245 Å². The fourth-order valence-corrected chi connectivity index (χ4v) is 6.65. The summed E-state index contributed by atoms with van der Waals surface area (Å²) in [6, 6.07) is -0.819. The quantitative estimate of drug-likeness (QED) is 0.0481. The standard InChI is InChI=1S/C44H85NO6/c1-3-5-7-9-11-13-15-17-21-25-29-33-39-50-43(48)37-36-41(45-42(47)35-31-27-23-19-20-24-28-32-38-46)44(49)51-40-34-30-26-22-18-16-14-12-10-8-6-4-2/h41,46H,3-40H2,1-2H3,(H,45,47)/t41-/m0/s1. The van der Waals surface area contributed by atoms with Crippen molar-refractivity contribution >= 4 is 17.8 Å². The van der Waals surface area contributed by atoms with E-state index in [9.17, 15) is 14.4 Å². The number of ether oxygens (including phenoxy) is 2. The molecule has 0 aliphatic heterocycles. The Morgan fingerprint density at radius 3 is 1.22 bits per heavy atom. The van der Waals surface area contributed by atoms with Crippen LogP contribution in [0.15, 0.2) is 0 Å². The van der Waals surface area contributed by atoms with E-state index >= 15 is 0 Å². The molecule has 0 rings (SSSR count). The summed E-state index contributed by atoms with van der Waals surface area (Å²) in [5, 5.41) is 11.8. The molecule has 0 aromatic rings. The van der Waals surface area contributed by atoms with Crippen LogP contribution in [0.3, 0.4) is 0 Å². The molecule has 0 radical (unpaired) electrons. The monoisotopic (exact) mass is 724 g/mol. The number of unbranched alkanes of at least 4 members (excludes halogenated alkanes) is 29.